The number of hydrogen-bond donors (Lipinski definition) is 2. The smallest absolute Gasteiger partial charge is 0.0594 e. The summed E-state index contributed by atoms with van der Waals surface area (Å²) >= 11 is 0. The fraction of sp³-hybridized carbons (Fsp3) is 0.571. The Labute approximate surface area is 103 Å². The van der Waals surface area contributed by atoms with Gasteiger partial charge in [-0.15, -0.1) is 0 Å². The molecule has 1 aliphatic rings. The molecular formula is C14H21NO2. The van der Waals surface area contributed by atoms with Crippen molar-refractivity contribution in [3.8, 4) is 0 Å². The molecule has 1 aromatic rings. The third kappa shape index (κ3) is 2.23. The fourth-order valence-corrected chi connectivity index (χ4v) is 2.18. The molecular weight excluding hydrogens is 214 g/mol. The molecule has 3 nitrogen and oxygen atoms in total. The molecule has 1 heterocycles. The Morgan fingerprint density at radius 3 is 2.12 bits per heavy atom. The van der Waals surface area contributed by atoms with Crippen molar-refractivity contribution in [1.29, 1.82) is 0 Å². The van der Waals surface area contributed by atoms with Gasteiger partial charge in [-0.05, 0) is 17.0 Å². The Kier molecular flexibility index (Phi) is 3.52. The molecule has 0 aromatic heterocycles. The van der Waals surface area contributed by atoms with Crippen LogP contribution in [0.1, 0.15) is 36.9 Å². The number of hydrogen-bond acceptors (Lipinski definition) is 3. The molecule has 2 rings (SSSR count). The van der Waals surface area contributed by atoms with Crippen LogP contribution in [0.4, 0.5) is 0 Å². The summed E-state index contributed by atoms with van der Waals surface area (Å²) in [6, 6.07) is 8.21. The number of rotatable bonds is 4. The Hall–Kier alpha value is -0.900. The van der Waals surface area contributed by atoms with Crippen LogP contribution in [-0.2, 0) is 4.74 Å². The highest BCUT2D eigenvalue weighted by Crippen LogP contribution is 2.38. The molecule has 1 saturated heterocycles. The monoisotopic (exact) mass is 235 g/mol. The molecule has 3 heteroatoms. The molecule has 1 fully saturated rings. The summed E-state index contributed by atoms with van der Waals surface area (Å²) < 4.78 is 5.19. The molecule has 94 valence electrons. The molecule has 1 aliphatic heterocycles. The zero-order chi connectivity index (χ0) is 12.5. The molecule has 1 unspecified atom stereocenters. The Bertz CT molecular complexity index is 363. The van der Waals surface area contributed by atoms with Crippen LogP contribution in [0.5, 0.6) is 0 Å². The summed E-state index contributed by atoms with van der Waals surface area (Å²) in [4.78, 5) is 0. The molecule has 0 radical (unpaired) electrons. The van der Waals surface area contributed by atoms with Crippen molar-refractivity contribution < 1.29 is 9.84 Å². The first-order valence-electron chi connectivity index (χ1n) is 6.13. The van der Waals surface area contributed by atoms with Crippen molar-refractivity contribution in [3.63, 3.8) is 0 Å². The van der Waals surface area contributed by atoms with Gasteiger partial charge in [-0.2, -0.15) is 0 Å². The molecule has 17 heavy (non-hydrogen) atoms. The highest BCUT2D eigenvalue weighted by atomic mass is 16.5. The molecule has 0 bridgehead atoms. The predicted molar refractivity (Wildman–Crippen MR) is 67.8 cm³/mol. The minimum atomic E-state index is -0.278. The number of nitrogens with two attached hydrogens (primary N) is 1. The van der Waals surface area contributed by atoms with E-state index in [0.29, 0.717) is 19.1 Å². The van der Waals surface area contributed by atoms with Crippen LogP contribution < -0.4 is 5.73 Å². The number of ether oxygens (including phenoxy) is 1. The van der Waals surface area contributed by atoms with Crippen molar-refractivity contribution in [3.05, 3.63) is 35.4 Å². The average Bonchev–Trinajstić information content (AvgIpc) is 2.28. The van der Waals surface area contributed by atoms with Crippen molar-refractivity contribution in [2.45, 2.75) is 25.8 Å². The summed E-state index contributed by atoms with van der Waals surface area (Å²) in [6.45, 7) is 5.53. The maximum Gasteiger partial charge on any atom is 0.0594 e. The third-order valence-electron chi connectivity index (χ3n) is 3.72. The van der Waals surface area contributed by atoms with E-state index in [1.165, 1.54) is 5.56 Å². The van der Waals surface area contributed by atoms with E-state index in [9.17, 15) is 5.11 Å². The first-order chi connectivity index (χ1) is 8.09. The van der Waals surface area contributed by atoms with Gasteiger partial charge in [-0.3, -0.25) is 0 Å². The molecule has 0 saturated carbocycles. The van der Waals surface area contributed by atoms with Crippen LogP contribution in [0.25, 0.3) is 0 Å². The lowest BCUT2D eigenvalue weighted by Crippen LogP contribution is -2.52. The van der Waals surface area contributed by atoms with E-state index < -0.39 is 0 Å². The first-order valence-corrected chi connectivity index (χ1v) is 6.13. The van der Waals surface area contributed by atoms with Crippen LogP contribution in [0.2, 0.25) is 0 Å². The average molecular weight is 235 g/mol. The van der Waals surface area contributed by atoms with Gasteiger partial charge in [-0.1, -0.05) is 38.1 Å². The minimum Gasteiger partial charge on any atom is -0.396 e. The normalized spacial score (nSPS) is 20.1. The third-order valence-corrected chi connectivity index (χ3v) is 3.72. The van der Waals surface area contributed by atoms with E-state index in [4.69, 9.17) is 10.5 Å². The quantitative estimate of drug-likeness (QED) is 0.837. The van der Waals surface area contributed by atoms with Gasteiger partial charge in [-0.25, -0.2) is 0 Å². The molecule has 3 N–H and O–H groups in total. The molecule has 0 aliphatic carbocycles. The lowest BCUT2D eigenvalue weighted by Gasteiger charge is -2.44. The summed E-state index contributed by atoms with van der Waals surface area (Å²) in [5.41, 5.74) is 8.34. The maximum absolute atomic E-state index is 9.45. The lowest BCUT2D eigenvalue weighted by molar-refractivity contribution is -0.150. The first kappa shape index (κ1) is 12.6. The zero-order valence-electron chi connectivity index (χ0n) is 10.5. The van der Waals surface area contributed by atoms with E-state index >= 15 is 0 Å². The van der Waals surface area contributed by atoms with Gasteiger partial charge in [0.05, 0.1) is 25.2 Å². The second kappa shape index (κ2) is 4.77. The standard InChI is InChI=1S/C14H21NO2/c1-10(2)11-3-5-12(6-4-11)13(15)14(7-16)8-17-9-14/h3-6,10,13,16H,7-9,15H2,1-2H3. The second-order valence-corrected chi connectivity index (χ2v) is 5.31. The van der Waals surface area contributed by atoms with Gasteiger partial charge in [0, 0.05) is 6.04 Å². The van der Waals surface area contributed by atoms with Crippen LogP contribution in [0.15, 0.2) is 24.3 Å². The zero-order valence-corrected chi connectivity index (χ0v) is 10.5. The van der Waals surface area contributed by atoms with E-state index in [2.05, 4.69) is 38.1 Å². The van der Waals surface area contributed by atoms with Crippen molar-refractivity contribution in [2.75, 3.05) is 19.8 Å². The van der Waals surface area contributed by atoms with Crippen molar-refractivity contribution >= 4 is 0 Å². The van der Waals surface area contributed by atoms with Gasteiger partial charge < -0.3 is 15.6 Å². The number of aliphatic hydroxyl groups excluding tert-OH is 1. The SMILES string of the molecule is CC(C)c1ccc(C(N)C2(CO)COC2)cc1. The molecule has 1 atom stereocenters. The largest absolute Gasteiger partial charge is 0.396 e. The predicted octanol–water partition coefficient (Wildman–Crippen LogP) is 1.82. The number of benzene rings is 1. The minimum absolute atomic E-state index is 0.0834. The van der Waals surface area contributed by atoms with Crippen molar-refractivity contribution in [1.82, 2.24) is 0 Å². The Morgan fingerprint density at radius 1 is 1.24 bits per heavy atom. The van der Waals surface area contributed by atoms with Crippen LogP contribution in [0.3, 0.4) is 0 Å². The number of aliphatic hydroxyl groups is 1. The van der Waals surface area contributed by atoms with Gasteiger partial charge in [0.1, 0.15) is 0 Å². The van der Waals surface area contributed by atoms with Crippen molar-refractivity contribution in [2.24, 2.45) is 11.1 Å². The maximum atomic E-state index is 9.45. The van der Waals surface area contributed by atoms with Gasteiger partial charge in [0.2, 0.25) is 0 Å². The summed E-state index contributed by atoms with van der Waals surface area (Å²) in [5, 5.41) is 9.45. The lowest BCUT2D eigenvalue weighted by atomic mass is 9.76. The van der Waals surface area contributed by atoms with Gasteiger partial charge in [0.25, 0.3) is 0 Å². The van der Waals surface area contributed by atoms with Crippen LogP contribution >= 0.6 is 0 Å². The summed E-state index contributed by atoms with van der Waals surface area (Å²) in [7, 11) is 0. The topological polar surface area (TPSA) is 55.5 Å². The van der Waals surface area contributed by atoms with E-state index in [1.54, 1.807) is 0 Å². The van der Waals surface area contributed by atoms with E-state index in [1.807, 2.05) is 0 Å². The van der Waals surface area contributed by atoms with Crippen LogP contribution in [0, 0.1) is 5.41 Å². The Balaban J connectivity index is 2.16. The highest BCUT2D eigenvalue weighted by Gasteiger charge is 2.44. The van der Waals surface area contributed by atoms with Gasteiger partial charge in [0.15, 0.2) is 0 Å². The van der Waals surface area contributed by atoms with E-state index in [-0.39, 0.29) is 18.1 Å². The second-order valence-electron chi connectivity index (χ2n) is 5.31. The Morgan fingerprint density at radius 2 is 1.76 bits per heavy atom. The molecule has 1 aromatic carbocycles. The fourth-order valence-electron chi connectivity index (χ4n) is 2.18. The summed E-state index contributed by atoms with van der Waals surface area (Å²) in [5.74, 6) is 0.527. The van der Waals surface area contributed by atoms with Crippen LogP contribution in [-0.4, -0.2) is 24.9 Å². The molecule has 0 spiro atoms. The highest BCUT2D eigenvalue weighted by molar-refractivity contribution is 5.28. The van der Waals surface area contributed by atoms with E-state index in [0.717, 1.165) is 5.56 Å². The molecule has 0 amide bonds. The summed E-state index contributed by atoms with van der Waals surface area (Å²) in [6.07, 6.45) is 0. The van der Waals surface area contributed by atoms with Gasteiger partial charge >= 0.3 is 0 Å².